The summed E-state index contributed by atoms with van der Waals surface area (Å²) in [5.74, 6) is 0.663. The number of rotatable bonds is 4. The highest BCUT2D eigenvalue weighted by Crippen LogP contribution is 2.27. The summed E-state index contributed by atoms with van der Waals surface area (Å²) >= 11 is 1.45. The van der Waals surface area contributed by atoms with Crippen molar-refractivity contribution >= 4 is 17.2 Å². The molecule has 1 aromatic heterocycles. The molecule has 2 heterocycles. The van der Waals surface area contributed by atoms with Gasteiger partial charge in [-0.25, -0.2) is 4.98 Å². The fourth-order valence-electron chi connectivity index (χ4n) is 2.41. The predicted octanol–water partition coefficient (Wildman–Crippen LogP) is 1.97. The van der Waals surface area contributed by atoms with Crippen LogP contribution in [0.3, 0.4) is 0 Å². The Hall–Kier alpha value is -0.980. The SMILES string of the molecule is CO[C@H](C)c1nc(C)c(C(=O)N2CCC(CN)CC2)s1. The first-order valence-electron chi connectivity index (χ1n) is 7.06. The normalized spacial score (nSPS) is 18.3. The fourth-order valence-corrected chi connectivity index (χ4v) is 3.47. The van der Waals surface area contributed by atoms with E-state index in [4.69, 9.17) is 10.5 Å². The lowest BCUT2D eigenvalue weighted by Gasteiger charge is -2.31. The van der Waals surface area contributed by atoms with Crippen LogP contribution in [-0.2, 0) is 4.74 Å². The highest BCUT2D eigenvalue weighted by atomic mass is 32.1. The van der Waals surface area contributed by atoms with Crippen LogP contribution in [0, 0.1) is 12.8 Å². The monoisotopic (exact) mass is 297 g/mol. The van der Waals surface area contributed by atoms with Gasteiger partial charge in [0.05, 0.1) is 5.69 Å². The number of piperidine rings is 1. The summed E-state index contributed by atoms with van der Waals surface area (Å²) in [6.45, 7) is 6.15. The number of amides is 1. The number of carbonyl (C=O) groups is 1. The molecule has 0 bridgehead atoms. The molecule has 1 fully saturated rings. The number of thiazole rings is 1. The fraction of sp³-hybridized carbons (Fsp3) is 0.714. The third kappa shape index (κ3) is 3.19. The van der Waals surface area contributed by atoms with E-state index < -0.39 is 0 Å². The number of carbonyl (C=O) groups excluding carboxylic acids is 1. The van der Waals surface area contributed by atoms with Crippen molar-refractivity contribution in [2.75, 3.05) is 26.7 Å². The lowest BCUT2D eigenvalue weighted by atomic mass is 9.97. The van der Waals surface area contributed by atoms with E-state index in [0.29, 0.717) is 5.92 Å². The van der Waals surface area contributed by atoms with Gasteiger partial charge in [0.1, 0.15) is 16.0 Å². The van der Waals surface area contributed by atoms with Crippen molar-refractivity contribution in [3.8, 4) is 0 Å². The van der Waals surface area contributed by atoms with Gasteiger partial charge >= 0.3 is 0 Å². The van der Waals surface area contributed by atoms with E-state index in [1.54, 1.807) is 7.11 Å². The van der Waals surface area contributed by atoms with E-state index in [0.717, 1.165) is 48.1 Å². The van der Waals surface area contributed by atoms with Crippen LogP contribution in [0.2, 0.25) is 0 Å². The molecule has 1 aromatic rings. The number of nitrogens with zero attached hydrogens (tertiary/aromatic N) is 2. The average Bonchev–Trinajstić information content (AvgIpc) is 2.87. The van der Waals surface area contributed by atoms with Crippen LogP contribution in [0.1, 0.15) is 46.2 Å². The second-order valence-corrected chi connectivity index (χ2v) is 6.35. The minimum Gasteiger partial charge on any atom is -0.375 e. The Morgan fingerprint density at radius 1 is 1.55 bits per heavy atom. The van der Waals surface area contributed by atoms with Gasteiger partial charge in [0.15, 0.2) is 0 Å². The van der Waals surface area contributed by atoms with Crippen molar-refractivity contribution in [1.82, 2.24) is 9.88 Å². The highest BCUT2D eigenvalue weighted by molar-refractivity contribution is 7.13. The molecule has 1 aliphatic heterocycles. The topological polar surface area (TPSA) is 68.5 Å². The number of aromatic nitrogens is 1. The van der Waals surface area contributed by atoms with Gasteiger partial charge in [0.25, 0.3) is 5.91 Å². The van der Waals surface area contributed by atoms with Crippen molar-refractivity contribution in [3.63, 3.8) is 0 Å². The lowest BCUT2D eigenvalue weighted by molar-refractivity contribution is 0.0697. The maximum absolute atomic E-state index is 12.6. The largest absolute Gasteiger partial charge is 0.375 e. The van der Waals surface area contributed by atoms with E-state index in [1.165, 1.54) is 11.3 Å². The first-order valence-corrected chi connectivity index (χ1v) is 7.88. The number of methoxy groups -OCH3 is 1. The molecule has 0 saturated carbocycles. The first-order chi connectivity index (χ1) is 9.56. The molecular formula is C14H23N3O2S. The number of hydrogen-bond donors (Lipinski definition) is 1. The molecule has 0 aromatic carbocycles. The van der Waals surface area contributed by atoms with Crippen LogP contribution in [0.25, 0.3) is 0 Å². The van der Waals surface area contributed by atoms with E-state index in [-0.39, 0.29) is 12.0 Å². The molecule has 2 N–H and O–H groups in total. The van der Waals surface area contributed by atoms with Crippen molar-refractivity contribution in [2.24, 2.45) is 11.7 Å². The zero-order valence-electron chi connectivity index (χ0n) is 12.4. The number of ether oxygens (including phenoxy) is 1. The van der Waals surface area contributed by atoms with Crippen LogP contribution < -0.4 is 5.73 Å². The molecule has 5 nitrogen and oxygen atoms in total. The molecule has 112 valence electrons. The lowest BCUT2D eigenvalue weighted by Crippen LogP contribution is -2.40. The molecule has 1 saturated heterocycles. The average molecular weight is 297 g/mol. The molecule has 0 unspecified atom stereocenters. The van der Waals surface area contributed by atoms with Crippen molar-refractivity contribution in [3.05, 3.63) is 15.6 Å². The Bertz CT molecular complexity index is 467. The summed E-state index contributed by atoms with van der Waals surface area (Å²) in [6.07, 6.45) is 1.94. The Morgan fingerprint density at radius 3 is 2.75 bits per heavy atom. The standard InChI is InChI=1S/C14H23N3O2S/c1-9-12(20-13(16-9)10(2)19-3)14(18)17-6-4-11(8-15)5-7-17/h10-11H,4-8,15H2,1-3H3/t10-/m1/s1. The molecule has 1 aliphatic rings. The molecular weight excluding hydrogens is 274 g/mol. The van der Waals surface area contributed by atoms with Gasteiger partial charge in [-0.1, -0.05) is 0 Å². The molecule has 1 amide bonds. The highest BCUT2D eigenvalue weighted by Gasteiger charge is 2.26. The first kappa shape index (κ1) is 15.4. The Morgan fingerprint density at radius 2 is 2.20 bits per heavy atom. The smallest absolute Gasteiger partial charge is 0.265 e. The van der Waals surface area contributed by atoms with Crippen molar-refractivity contribution in [1.29, 1.82) is 0 Å². The zero-order valence-corrected chi connectivity index (χ0v) is 13.2. The molecule has 0 radical (unpaired) electrons. The summed E-state index contributed by atoms with van der Waals surface area (Å²) in [5.41, 5.74) is 6.49. The number of nitrogens with two attached hydrogens (primary N) is 1. The maximum Gasteiger partial charge on any atom is 0.265 e. The molecule has 6 heteroatoms. The minimum atomic E-state index is -0.0665. The Balaban J connectivity index is 2.08. The van der Waals surface area contributed by atoms with Gasteiger partial charge in [-0.15, -0.1) is 11.3 Å². The predicted molar refractivity (Wildman–Crippen MR) is 80.0 cm³/mol. The maximum atomic E-state index is 12.6. The Kier molecular flexibility index (Phi) is 5.12. The van der Waals surface area contributed by atoms with Crippen LogP contribution in [0.15, 0.2) is 0 Å². The van der Waals surface area contributed by atoms with Gasteiger partial charge in [0.2, 0.25) is 0 Å². The van der Waals surface area contributed by atoms with Crippen LogP contribution in [0.5, 0.6) is 0 Å². The van der Waals surface area contributed by atoms with Gasteiger partial charge in [-0.2, -0.15) is 0 Å². The minimum absolute atomic E-state index is 0.0665. The molecule has 0 spiro atoms. The summed E-state index contributed by atoms with van der Waals surface area (Å²) in [6, 6.07) is 0. The van der Waals surface area contributed by atoms with E-state index in [9.17, 15) is 4.79 Å². The summed E-state index contributed by atoms with van der Waals surface area (Å²) in [5, 5.41) is 0.866. The van der Waals surface area contributed by atoms with E-state index in [2.05, 4.69) is 4.98 Å². The third-order valence-electron chi connectivity index (χ3n) is 3.94. The number of likely N-dealkylation sites (tertiary alicyclic amines) is 1. The number of hydrogen-bond acceptors (Lipinski definition) is 5. The third-order valence-corrected chi connectivity index (χ3v) is 5.25. The number of aryl methyl sites for hydroxylation is 1. The van der Waals surface area contributed by atoms with Gasteiger partial charge in [0, 0.05) is 20.2 Å². The van der Waals surface area contributed by atoms with E-state index in [1.807, 2.05) is 18.7 Å². The van der Waals surface area contributed by atoms with Crippen molar-refractivity contribution in [2.45, 2.75) is 32.8 Å². The Labute approximate surface area is 124 Å². The second-order valence-electron chi connectivity index (χ2n) is 5.32. The van der Waals surface area contributed by atoms with Gasteiger partial charge < -0.3 is 15.4 Å². The second kappa shape index (κ2) is 6.65. The van der Waals surface area contributed by atoms with Crippen LogP contribution in [0.4, 0.5) is 0 Å². The van der Waals surface area contributed by atoms with Crippen molar-refractivity contribution < 1.29 is 9.53 Å². The van der Waals surface area contributed by atoms with Gasteiger partial charge in [-0.3, -0.25) is 4.79 Å². The molecule has 1 atom stereocenters. The quantitative estimate of drug-likeness (QED) is 0.922. The molecule has 0 aliphatic carbocycles. The van der Waals surface area contributed by atoms with E-state index >= 15 is 0 Å². The van der Waals surface area contributed by atoms with Gasteiger partial charge in [-0.05, 0) is 39.2 Å². The van der Waals surface area contributed by atoms with Crippen LogP contribution in [-0.4, -0.2) is 42.5 Å². The summed E-state index contributed by atoms with van der Waals surface area (Å²) in [7, 11) is 1.65. The summed E-state index contributed by atoms with van der Waals surface area (Å²) < 4.78 is 5.27. The molecule has 2 rings (SSSR count). The molecule has 20 heavy (non-hydrogen) atoms. The summed E-state index contributed by atoms with van der Waals surface area (Å²) in [4.78, 5) is 19.7. The van der Waals surface area contributed by atoms with Crippen LogP contribution >= 0.6 is 11.3 Å². The zero-order chi connectivity index (χ0) is 14.7.